The summed E-state index contributed by atoms with van der Waals surface area (Å²) in [5.74, 6) is 0.311. The van der Waals surface area contributed by atoms with E-state index in [1.807, 2.05) is 20.8 Å². The molecule has 0 fully saturated rings. The second-order valence-electron chi connectivity index (χ2n) is 5.86. The zero-order valence-corrected chi connectivity index (χ0v) is 14.4. The van der Waals surface area contributed by atoms with Crippen LogP contribution < -0.4 is 24.8 Å². The van der Waals surface area contributed by atoms with Crippen LogP contribution in [0.5, 0.6) is 17.2 Å². The summed E-state index contributed by atoms with van der Waals surface area (Å²) in [5, 5.41) is 5.32. The third-order valence-electron chi connectivity index (χ3n) is 2.87. The number of hydrogen-bond acceptors (Lipinski definition) is 5. The molecule has 0 bridgehead atoms. The Bertz CT molecular complexity index is 579. The van der Waals surface area contributed by atoms with Crippen LogP contribution in [0.3, 0.4) is 0 Å². The molecule has 1 rings (SSSR count). The van der Waals surface area contributed by atoms with Crippen LogP contribution in [0.25, 0.3) is 0 Å². The average Bonchev–Trinajstić information content (AvgIpc) is 2.49. The molecule has 128 valence electrons. The number of benzene rings is 1. The molecule has 0 aliphatic rings. The number of carbonyl (C=O) groups is 2. The Morgan fingerprint density at radius 1 is 1.00 bits per heavy atom. The summed E-state index contributed by atoms with van der Waals surface area (Å²) in [4.78, 5) is 24.1. The Morgan fingerprint density at radius 3 is 2.09 bits per heavy atom. The molecule has 0 saturated carbocycles. The van der Waals surface area contributed by atoms with E-state index in [4.69, 9.17) is 14.2 Å². The summed E-state index contributed by atoms with van der Waals surface area (Å²) in [6.45, 7) is 5.46. The van der Waals surface area contributed by atoms with Gasteiger partial charge in [0.1, 0.15) is 0 Å². The van der Waals surface area contributed by atoms with E-state index in [1.165, 1.54) is 21.3 Å². The van der Waals surface area contributed by atoms with Gasteiger partial charge in [-0.3, -0.25) is 9.59 Å². The van der Waals surface area contributed by atoms with Gasteiger partial charge in [-0.1, -0.05) is 0 Å². The summed E-state index contributed by atoms with van der Waals surface area (Å²) in [6.07, 6.45) is 0. The van der Waals surface area contributed by atoms with Crippen LogP contribution in [0.2, 0.25) is 0 Å². The van der Waals surface area contributed by atoms with E-state index in [0.717, 1.165) is 0 Å². The van der Waals surface area contributed by atoms with Gasteiger partial charge in [-0.2, -0.15) is 0 Å². The zero-order valence-electron chi connectivity index (χ0n) is 14.4. The molecular formula is C16H24N2O5. The Labute approximate surface area is 136 Å². The molecule has 7 nitrogen and oxygen atoms in total. The normalized spacial score (nSPS) is 10.7. The first-order valence-corrected chi connectivity index (χ1v) is 7.11. The molecule has 0 aromatic heterocycles. The topological polar surface area (TPSA) is 85.9 Å². The first-order valence-electron chi connectivity index (χ1n) is 7.11. The van der Waals surface area contributed by atoms with Crippen molar-refractivity contribution in [3.05, 3.63) is 17.7 Å². The molecule has 2 amide bonds. The highest BCUT2D eigenvalue weighted by Crippen LogP contribution is 2.39. The van der Waals surface area contributed by atoms with Gasteiger partial charge in [0.25, 0.3) is 5.91 Å². The smallest absolute Gasteiger partial charge is 0.255 e. The molecule has 0 unspecified atom stereocenters. The number of nitrogens with one attached hydrogen (secondary N) is 2. The highest BCUT2D eigenvalue weighted by atomic mass is 16.5. The number of carbonyl (C=O) groups excluding carboxylic acids is 2. The first-order chi connectivity index (χ1) is 10.7. The van der Waals surface area contributed by atoms with Crippen LogP contribution in [-0.4, -0.2) is 45.2 Å². The molecule has 1 aromatic rings. The third-order valence-corrected chi connectivity index (χ3v) is 2.87. The van der Waals surface area contributed by atoms with E-state index in [2.05, 4.69) is 10.6 Å². The summed E-state index contributed by atoms with van der Waals surface area (Å²) in [5.41, 5.74) is -0.100. The van der Waals surface area contributed by atoms with Crippen LogP contribution >= 0.6 is 0 Å². The second kappa shape index (κ2) is 7.71. The summed E-state index contributed by atoms with van der Waals surface area (Å²) < 4.78 is 15.6. The fourth-order valence-electron chi connectivity index (χ4n) is 2.00. The highest BCUT2D eigenvalue weighted by molar-refractivity contribution is 6.00. The predicted octanol–water partition coefficient (Wildman–Crippen LogP) is 1.36. The lowest BCUT2D eigenvalue weighted by molar-refractivity contribution is -0.121. The van der Waals surface area contributed by atoms with Gasteiger partial charge in [-0.15, -0.1) is 0 Å². The molecule has 0 atom stereocenters. The van der Waals surface area contributed by atoms with Gasteiger partial charge in [0, 0.05) is 5.54 Å². The quantitative estimate of drug-likeness (QED) is 0.825. The number of methoxy groups -OCH3 is 3. The minimum absolute atomic E-state index is 0.131. The lowest BCUT2D eigenvalue weighted by Gasteiger charge is -2.20. The van der Waals surface area contributed by atoms with Crippen molar-refractivity contribution < 1.29 is 23.8 Å². The number of hydrogen-bond donors (Lipinski definition) is 2. The summed E-state index contributed by atoms with van der Waals surface area (Å²) in [6, 6.07) is 3.16. The van der Waals surface area contributed by atoms with Crippen molar-refractivity contribution in [3.8, 4) is 17.2 Å². The van der Waals surface area contributed by atoms with E-state index in [9.17, 15) is 9.59 Å². The van der Waals surface area contributed by atoms with E-state index in [-0.39, 0.29) is 29.3 Å². The maximum Gasteiger partial charge on any atom is 0.255 e. The van der Waals surface area contributed by atoms with Gasteiger partial charge in [0.2, 0.25) is 11.7 Å². The Balaban J connectivity index is 2.90. The SMILES string of the molecule is COc1ccc(C(=O)NCC(=O)NC(C)(C)C)c(OC)c1OC. The predicted molar refractivity (Wildman–Crippen MR) is 86.3 cm³/mol. The van der Waals surface area contributed by atoms with Gasteiger partial charge in [0.05, 0.1) is 33.4 Å². The second-order valence-corrected chi connectivity index (χ2v) is 5.86. The summed E-state index contributed by atoms with van der Waals surface area (Å²) in [7, 11) is 4.38. The Hall–Kier alpha value is -2.44. The minimum atomic E-state index is -0.438. The van der Waals surface area contributed by atoms with Crippen LogP contribution in [0, 0.1) is 0 Å². The molecule has 0 spiro atoms. The van der Waals surface area contributed by atoms with Gasteiger partial charge in [-0.25, -0.2) is 0 Å². The molecule has 1 aromatic carbocycles. The number of amides is 2. The molecule has 0 heterocycles. The molecule has 0 aliphatic heterocycles. The van der Waals surface area contributed by atoms with E-state index >= 15 is 0 Å². The van der Waals surface area contributed by atoms with Crippen LogP contribution in [-0.2, 0) is 4.79 Å². The average molecular weight is 324 g/mol. The Kier molecular flexibility index (Phi) is 6.24. The first kappa shape index (κ1) is 18.6. The maximum absolute atomic E-state index is 12.3. The molecule has 2 N–H and O–H groups in total. The van der Waals surface area contributed by atoms with Crippen molar-refractivity contribution in [2.24, 2.45) is 0 Å². The van der Waals surface area contributed by atoms with E-state index < -0.39 is 5.91 Å². The van der Waals surface area contributed by atoms with E-state index in [1.54, 1.807) is 12.1 Å². The van der Waals surface area contributed by atoms with Crippen LogP contribution in [0.4, 0.5) is 0 Å². The maximum atomic E-state index is 12.3. The zero-order chi connectivity index (χ0) is 17.6. The van der Waals surface area contributed by atoms with Crippen molar-refractivity contribution in [2.45, 2.75) is 26.3 Å². The van der Waals surface area contributed by atoms with Crippen molar-refractivity contribution in [1.82, 2.24) is 10.6 Å². The number of ether oxygens (including phenoxy) is 3. The lowest BCUT2D eigenvalue weighted by Crippen LogP contribution is -2.45. The van der Waals surface area contributed by atoms with Gasteiger partial charge in [0.15, 0.2) is 11.5 Å². The van der Waals surface area contributed by atoms with Crippen LogP contribution in [0.1, 0.15) is 31.1 Å². The van der Waals surface area contributed by atoms with Crippen LogP contribution in [0.15, 0.2) is 12.1 Å². The van der Waals surface area contributed by atoms with Gasteiger partial charge in [-0.05, 0) is 32.9 Å². The van der Waals surface area contributed by atoms with Crippen molar-refractivity contribution in [2.75, 3.05) is 27.9 Å². The molecule has 0 radical (unpaired) electrons. The molecule has 0 aliphatic carbocycles. The van der Waals surface area contributed by atoms with Crippen molar-refractivity contribution in [1.29, 1.82) is 0 Å². The number of rotatable bonds is 6. The van der Waals surface area contributed by atoms with Gasteiger partial charge >= 0.3 is 0 Å². The van der Waals surface area contributed by atoms with Crippen molar-refractivity contribution >= 4 is 11.8 Å². The standard InChI is InChI=1S/C16H24N2O5/c1-16(2,3)18-12(19)9-17-15(20)10-7-8-11(21-4)14(23-6)13(10)22-5/h7-8H,9H2,1-6H3,(H,17,20)(H,18,19). The monoisotopic (exact) mass is 324 g/mol. The molecule has 23 heavy (non-hydrogen) atoms. The molecular weight excluding hydrogens is 300 g/mol. The van der Waals surface area contributed by atoms with E-state index in [0.29, 0.717) is 11.5 Å². The fourth-order valence-corrected chi connectivity index (χ4v) is 2.00. The summed E-state index contributed by atoms with van der Waals surface area (Å²) >= 11 is 0. The lowest BCUT2D eigenvalue weighted by atomic mass is 10.1. The van der Waals surface area contributed by atoms with Crippen molar-refractivity contribution in [3.63, 3.8) is 0 Å². The molecule has 0 saturated heterocycles. The van der Waals surface area contributed by atoms with Gasteiger partial charge < -0.3 is 24.8 Å². The molecule has 7 heteroatoms. The minimum Gasteiger partial charge on any atom is -0.493 e. The largest absolute Gasteiger partial charge is 0.493 e. The third kappa shape index (κ3) is 5.05. The fraction of sp³-hybridized carbons (Fsp3) is 0.500. The Morgan fingerprint density at radius 2 is 1.61 bits per heavy atom. The highest BCUT2D eigenvalue weighted by Gasteiger charge is 2.21.